The molecule has 1 atom stereocenters. The van der Waals surface area contributed by atoms with E-state index in [4.69, 9.17) is 0 Å². The first-order valence-corrected chi connectivity index (χ1v) is 10.2. The number of nitrogens with zero attached hydrogens (tertiary/aromatic N) is 2. The molecule has 124 valence electrons. The van der Waals surface area contributed by atoms with Gasteiger partial charge >= 0.3 is 0 Å². The lowest BCUT2D eigenvalue weighted by atomic mass is 10.1. The maximum absolute atomic E-state index is 12.6. The minimum atomic E-state index is 0.298. The average Bonchev–Trinajstić information content (AvgIpc) is 3.33. The lowest BCUT2D eigenvalue weighted by Crippen LogP contribution is -2.30. The van der Waals surface area contributed by atoms with E-state index in [1.165, 1.54) is 9.58 Å². The molecule has 1 amide bonds. The maximum atomic E-state index is 12.6. The highest BCUT2D eigenvalue weighted by molar-refractivity contribution is 7.18. The molecule has 0 radical (unpaired) electrons. The van der Waals surface area contributed by atoms with E-state index >= 15 is 0 Å². The Kier molecular flexibility index (Phi) is 4.63. The normalized spacial score (nSPS) is 17.7. The number of amides is 1. The SMILES string of the molecule is O=C(CCCc1nc2ccccc2s1)N1CCCC1c1cccs1. The molecule has 0 N–H and O–H groups in total. The van der Waals surface area contributed by atoms with Crippen molar-refractivity contribution in [1.82, 2.24) is 9.88 Å². The van der Waals surface area contributed by atoms with Crippen LogP contribution in [0.25, 0.3) is 10.2 Å². The van der Waals surface area contributed by atoms with E-state index < -0.39 is 0 Å². The van der Waals surface area contributed by atoms with Gasteiger partial charge in [-0.25, -0.2) is 4.98 Å². The summed E-state index contributed by atoms with van der Waals surface area (Å²) in [5.74, 6) is 0.298. The zero-order valence-electron chi connectivity index (χ0n) is 13.5. The number of thiophene rings is 1. The molecule has 1 unspecified atom stereocenters. The summed E-state index contributed by atoms with van der Waals surface area (Å²) in [7, 11) is 0. The number of hydrogen-bond donors (Lipinski definition) is 0. The van der Waals surface area contributed by atoms with E-state index in [9.17, 15) is 4.79 Å². The van der Waals surface area contributed by atoms with Gasteiger partial charge in [0.15, 0.2) is 0 Å². The summed E-state index contributed by atoms with van der Waals surface area (Å²) < 4.78 is 1.23. The van der Waals surface area contributed by atoms with Gasteiger partial charge in [-0.05, 0) is 49.3 Å². The summed E-state index contributed by atoms with van der Waals surface area (Å²) >= 11 is 3.51. The highest BCUT2D eigenvalue weighted by Gasteiger charge is 2.29. The van der Waals surface area contributed by atoms with Crippen LogP contribution in [-0.2, 0) is 11.2 Å². The van der Waals surface area contributed by atoms with Crippen molar-refractivity contribution in [3.63, 3.8) is 0 Å². The van der Waals surface area contributed by atoms with E-state index in [2.05, 4.69) is 39.5 Å². The summed E-state index contributed by atoms with van der Waals surface area (Å²) in [5, 5.41) is 3.24. The first-order valence-electron chi connectivity index (χ1n) is 8.48. The van der Waals surface area contributed by atoms with Gasteiger partial charge in [-0.15, -0.1) is 22.7 Å². The van der Waals surface area contributed by atoms with Gasteiger partial charge in [0.1, 0.15) is 0 Å². The minimum Gasteiger partial charge on any atom is -0.335 e. The van der Waals surface area contributed by atoms with Crippen molar-refractivity contribution >= 4 is 38.8 Å². The van der Waals surface area contributed by atoms with Gasteiger partial charge in [0.25, 0.3) is 0 Å². The number of aromatic nitrogens is 1. The summed E-state index contributed by atoms with van der Waals surface area (Å²) in [6.45, 7) is 0.905. The minimum absolute atomic E-state index is 0.298. The second kappa shape index (κ2) is 7.03. The number of para-hydroxylation sites is 1. The highest BCUT2D eigenvalue weighted by Crippen LogP contribution is 2.35. The number of rotatable bonds is 5. The quantitative estimate of drug-likeness (QED) is 0.641. The van der Waals surface area contributed by atoms with Gasteiger partial charge in [-0.2, -0.15) is 0 Å². The molecule has 2 aromatic heterocycles. The molecular formula is C19H20N2OS2. The maximum Gasteiger partial charge on any atom is 0.223 e. The Morgan fingerprint density at radius 2 is 2.17 bits per heavy atom. The molecule has 0 spiro atoms. The van der Waals surface area contributed by atoms with Crippen LogP contribution in [0.2, 0.25) is 0 Å². The van der Waals surface area contributed by atoms with E-state index in [-0.39, 0.29) is 0 Å². The summed E-state index contributed by atoms with van der Waals surface area (Å²) in [4.78, 5) is 20.7. The predicted molar refractivity (Wildman–Crippen MR) is 101 cm³/mol. The highest BCUT2D eigenvalue weighted by atomic mass is 32.1. The zero-order valence-corrected chi connectivity index (χ0v) is 15.1. The number of benzene rings is 1. The zero-order chi connectivity index (χ0) is 16.4. The van der Waals surface area contributed by atoms with Crippen molar-refractivity contribution in [3.05, 3.63) is 51.7 Å². The fraction of sp³-hybridized carbons (Fsp3) is 0.368. The van der Waals surface area contributed by atoms with Gasteiger partial charge in [-0.3, -0.25) is 4.79 Å². The van der Waals surface area contributed by atoms with Crippen LogP contribution in [0.4, 0.5) is 0 Å². The Balaban J connectivity index is 1.34. The molecule has 1 aliphatic heterocycles. The molecule has 5 heteroatoms. The first-order chi connectivity index (χ1) is 11.8. The molecule has 1 saturated heterocycles. The molecular weight excluding hydrogens is 336 g/mol. The predicted octanol–water partition coefficient (Wildman–Crippen LogP) is 5.04. The van der Waals surface area contributed by atoms with Crippen molar-refractivity contribution in [2.75, 3.05) is 6.54 Å². The Morgan fingerprint density at radius 3 is 3.00 bits per heavy atom. The van der Waals surface area contributed by atoms with E-state index in [1.54, 1.807) is 22.7 Å². The largest absolute Gasteiger partial charge is 0.335 e. The molecule has 4 rings (SSSR count). The molecule has 1 aliphatic rings. The second-order valence-corrected chi connectivity index (χ2v) is 8.28. The molecule has 3 nitrogen and oxygen atoms in total. The number of aryl methyl sites for hydroxylation is 1. The van der Waals surface area contributed by atoms with Crippen LogP contribution < -0.4 is 0 Å². The molecule has 0 aliphatic carbocycles. The molecule has 0 bridgehead atoms. The van der Waals surface area contributed by atoms with Gasteiger partial charge in [0.05, 0.1) is 21.3 Å². The Labute approximate surface area is 150 Å². The van der Waals surface area contributed by atoms with Crippen molar-refractivity contribution in [2.45, 2.75) is 38.1 Å². The van der Waals surface area contributed by atoms with Crippen LogP contribution in [0.1, 0.15) is 41.6 Å². The molecule has 24 heavy (non-hydrogen) atoms. The van der Waals surface area contributed by atoms with Gasteiger partial charge < -0.3 is 4.90 Å². The van der Waals surface area contributed by atoms with Gasteiger partial charge in [0, 0.05) is 17.8 Å². The smallest absolute Gasteiger partial charge is 0.223 e. The molecule has 1 aromatic carbocycles. The molecule has 1 fully saturated rings. The number of likely N-dealkylation sites (tertiary alicyclic amines) is 1. The second-order valence-electron chi connectivity index (χ2n) is 6.19. The molecule has 0 saturated carbocycles. The van der Waals surface area contributed by atoms with Gasteiger partial charge in [-0.1, -0.05) is 18.2 Å². The Hall–Kier alpha value is -1.72. The first kappa shape index (κ1) is 15.8. The van der Waals surface area contributed by atoms with Crippen LogP contribution in [0.3, 0.4) is 0 Å². The number of fused-ring (bicyclic) bond motifs is 1. The fourth-order valence-electron chi connectivity index (χ4n) is 3.40. The summed E-state index contributed by atoms with van der Waals surface area (Å²) in [5.41, 5.74) is 1.07. The van der Waals surface area contributed by atoms with Crippen LogP contribution in [0.15, 0.2) is 41.8 Å². The number of carbonyl (C=O) groups is 1. The standard InChI is InChI=1S/C19H20N2OS2/c22-19(21-12-4-7-15(21)17-9-5-13-23-17)11-3-10-18-20-14-6-1-2-8-16(14)24-18/h1-2,5-6,8-9,13,15H,3-4,7,10-12H2. The average molecular weight is 357 g/mol. The topological polar surface area (TPSA) is 33.2 Å². The van der Waals surface area contributed by atoms with Crippen molar-refractivity contribution < 1.29 is 4.79 Å². The third kappa shape index (κ3) is 3.23. The number of thiazole rings is 1. The number of carbonyl (C=O) groups excluding carboxylic acids is 1. The molecule has 3 aromatic rings. The van der Waals surface area contributed by atoms with E-state index in [0.717, 1.165) is 42.8 Å². The van der Waals surface area contributed by atoms with Crippen LogP contribution in [0.5, 0.6) is 0 Å². The lowest BCUT2D eigenvalue weighted by Gasteiger charge is -2.23. The van der Waals surface area contributed by atoms with Crippen LogP contribution >= 0.6 is 22.7 Å². The van der Waals surface area contributed by atoms with Crippen molar-refractivity contribution in [2.24, 2.45) is 0 Å². The van der Waals surface area contributed by atoms with Crippen molar-refractivity contribution in [3.8, 4) is 0 Å². The van der Waals surface area contributed by atoms with Crippen LogP contribution in [0, 0.1) is 0 Å². The van der Waals surface area contributed by atoms with Crippen LogP contribution in [-0.4, -0.2) is 22.3 Å². The molecule has 3 heterocycles. The van der Waals surface area contributed by atoms with E-state index in [1.807, 2.05) is 12.1 Å². The summed E-state index contributed by atoms with van der Waals surface area (Å²) in [6.07, 6.45) is 4.61. The number of hydrogen-bond acceptors (Lipinski definition) is 4. The summed E-state index contributed by atoms with van der Waals surface area (Å²) in [6, 6.07) is 12.8. The third-order valence-electron chi connectivity index (χ3n) is 4.56. The Morgan fingerprint density at radius 1 is 1.25 bits per heavy atom. The van der Waals surface area contributed by atoms with E-state index in [0.29, 0.717) is 18.4 Å². The third-order valence-corrected chi connectivity index (χ3v) is 6.63. The van der Waals surface area contributed by atoms with Gasteiger partial charge in [0.2, 0.25) is 5.91 Å². The lowest BCUT2D eigenvalue weighted by molar-refractivity contribution is -0.132. The fourth-order valence-corrected chi connectivity index (χ4v) is 5.29. The van der Waals surface area contributed by atoms with Crippen molar-refractivity contribution in [1.29, 1.82) is 0 Å². The monoisotopic (exact) mass is 356 g/mol. The Bertz CT molecular complexity index is 792.